The van der Waals surface area contributed by atoms with Crippen molar-refractivity contribution < 1.29 is 4.42 Å². The summed E-state index contributed by atoms with van der Waals surface area (Å²) in [6.45, 7) is 0. The Morgan fingerprint density at radius 1 is 0.279 bits per heavy atom. The fraction of sp³-hybridized carbons (Fsp3) is 0. The van der Waals surface area contributed by atoms with Crippen molar-refractivity contribution in [2.24, 2.45) is 0 Å². The first kappa shape index (κ1) is 39.2. The van der Waals surface area contributed by atoms with Crippen molar-refractivity contribution in [2.75, 3.05) is 0 Å². The number of benzene rings is 10. The second-order valence-corrected chi connectivity index (χ2v) is 17.2. The molecule has 0 saturated heterocycles. The standard InChI is InChI=1S/C63H40N4O/c1-4-16-41(17-5-1)44-32-34-45(35-33-44)48-24-14-27-51(38-48)67-57-31-11-10-28-52(57)55-39-56-53-29-15-30-54(60(53)68-59(56)40-58(55)67)63-65-61(49-25-12-22-46(36-49)42-18-6-2-7-19-42)64-62(66-63)50-26-13-23-47(37-50)43-20-8-3-9-21-43/h1-40H. The van der Waals surface area contributed by atoms with Crippen molar-refractivity contribution in [3.63, 3.8) is 0 Å². The molecule has 0 aliphatic heterocycles. The number of aromatic nitrogens is 4. The van der Waals surface area contributed by atoms with E-state index in [1.807, 2.05) is 12.1 Å². The Balaban J connectivity index is 0.961. The summed E-state index contributed by atoms with van der Waals surface area (Å²) in [7, 11) is 0. The molecule has 3 heterocycles. The molecule has 3 aromatic heterocycles. The number of hydrogen-bond acceptors (Lipinski definition) is 4. The van der Waals surface area contributed by atoms with Gasteiger partial charge in [0.15, 0.2) is 17.5 Å². The molecule has 0 aliphatic carbocycles. The van der Waals surface area contributed by atoms with E-state index in [-0.39, 0.29) is 0 Å². The number of furan rings is 1. The van der Waals surface area contributed by atoms with Gasteiger partial charge in [0.1, 0.15) is 11.2 Å². The van der Waals surface area contributed by atoms with Gasteiger partial charge in [-0.3, -0.25) is 0 Å². The molecule has 0 radical (unpaired) electrons. The van der Waals surface area contributed by atoms with Gasteiger partial charge in [-0.25, -0.2) is 15.0 Å². The normalized spacial score (nSPS) is 11.5. The minimum absolute atomic E-state index is 0.540. The summed E-state index contributed by atoms with van der Waals surface area (Å²) in [6.07, 6.45) is 0. The molecule has 10 aromatic carbocycles. The van der Waals surface area contributed by atoms with Gasteiger partial charge in [0, 0.05) is 44.4 Å². The molecule has 0 atom stereocenters. The molecule has 5 nitrogen and oxygen atoms in total. The van der Waals surface area contributed by atoms with Gasteiger partial charge in [0.05, 0.1) is 16.6 Å². The highest BCUT2D eigenvalue weighted by Gasteiger charge is 2.21. The van der Waals surface area contributed by atoms with E-state index in [1.54, 1.807) is 0 Å². The van der Waals surface area contributed by atoms with E-state index in [2.05, 4.69) is 235 Å². The summed E-state index contributed by atoms with van der Waals surface area (Å²) in [5, 5.41) is 4.36. The fourth-order valence-corrected chi connectivity index (χ4v) is 9.72. The third-order valence-electron chi connectivity index (χ3n) is 13.1. The second kappa shape index (κ2) is 16.4. The SMILES string of the molecule is c1ccc(-c2ccc(-c3cccc(-n4c5ccccc5c5cc6c(cc54)oc4c(-c5nc(-c7cccc(-c8ccccc8)c7)nc(-c7cccc(-c8ccccc8)c7)n5)cccc46)c3)cc2)cc1. The molecule has 0 aliphatic rings. The topological polar surface area (TPSA) is 56.7 Å². The first-order valence-corrected chi connectivity index (χ1v) is 22.9. The van der Waals surface area contributed by atoms with Crippen molar-refractivity contribution in [3.8, 4) is 84.4 Å². The quantitative estimate of drug-likeness (QED) is 0.153. The van der Waals surface area contributed by atoms with Crippen LogP contribution in [0.5, 0.6) is 0 Å². The van der Waals surface area contributed by atoms with Crippen LogP contribution >= 0.6 is 0 Å². The van der Waals surface area contributed by atoms with Crippen molar-refractivity contribution in [2.45, 2.75) is 0 Å². The van der Waals surface area contributed by atoms with Crippen LogP contribution in [0.2, 0.25) is 0 Å². The van der Waals surface area contributed by atoms with E-state index in [0.717, 1.165) is 94.1 Å². The summed E-state index contributed by atoms with van der Waals surface area (Å²) >= 11 is 0. The van der Waals surface area contributed by atoms with Crippen LogP contribution in [-0.4, -0.2) is 19.5 Å². The zero-order valence-corrected chi connectivity index (χ0v) is 36.8. The Morgan fingerprint density at radius 2 is 0.735 bits per heavy atom. The fourth-order valence-electron chi connectivity index (χ4n) is 9.72. The molecule has 0 saturated carbocycles. The van der Waals surface area contributed by atoms with Gasteiger partial charge >= 0.3 is 0 Å². The average Bonchev–Trinajstić information content (AvgIpc) is 3.95. The predicted molar refractivity (Wildman–Crippen MR) is 279 cm³/mol. The number of rotatable bonds is 8. The zero-order valence-electron chi connectivity index (χ0n) is 36.8. The lowest BCUT2D eigenvalue weighted by atomic mass is 10.00. The van der Waals surface area contributed by atoms with Crippen LogP contribution in [0.1, 0.15) is 0 Å². The van der Waals surface area contributed by atoms with Gasteiger partial charge < -0.3 is 8.98 Å². The molecule has 0 bridgehead atoms. The molecule has 0 fully saturated rings. The highest BCUT2D eigenvalue weighted by Crippen LogP contribution is 2.42. The summed E-state index contributed by atoms with van der Waals surface area (Å²) in [4.78, 5) is 15.7. The van der Waals surface area contributed by atoms with Crippen LogP contribution in [0.3, 0.4) is 0 Å². The highest BCUT2D eigenvalue weighted by molar-refractivity contribution is 6.18. The molecule has 0 unspecified atom stereocenters. The lowest BCUT2D eigenvalue weighted by Gasteiger charge is -2.11. The van der Waals surface area contributed by atoms with Crippen LogP contribution in [0.25, 0.3) is 128 Å². The van der Waals surface area contributed by atoms with E-state index in [4.69, 9.17) is 19.4 Å². The molecule has 318 valence electrons. The summed E-state index contributed by atoms with van der Waals surface area (Å²) in [5.74, 6) is 1.71. The number of hydrogen-bond donors (Lipinski definition) is 0. The maximum atomic E-state index is 7.01. The minimum atomic E-state index is 0.540. The lowest BCUT2D eigenvalue weighted by Crippen LogP contribution is -2.00. The molecule has 0 amide bonds. The highest BCUT2D eigenvalue weighted by atomic mass is 16.3. The van der Waals surface area contributed by atoms with Gasteiger partial charge in [-0.1, -0.05) is 194 Å². The number of para-hydroxylation sites is 2. The Hall–Kier alpha value is -9.19. The monoisotopic (exact) mass is 868 g/mol. The van der Waals surface area contributed by atoms with Crippen molar-refractivity contribution in [1.82, 2.24) is 19.5 Å². The maximum Gasteiger partial charge on any atom is 0.167 e. The Bertz CT molecular complexity index is 3900. The minimum Gasteiger partial charge on any atom is -0.455 e. The van der Waals surface area contributed by atoms with Crippen LogP contribution in [0, 0.1) is 0 Å². The molecule has 5 heteroatoms. The summed E-state index contributed by atoms with van der Waals surface area (Å²) in [6, 6.07) is 85.2. The first-order chi connectivity index (χ1) is 33.7. The van der Waals surface area contributed by atoms with E-state index in [9.17, 15) is 0 Å². The van der Waals surface area contributed by atoms with E-state index < -0.39 is 0 Å². The largest absolute Gasteiger partial charge is 0.455 e. The molecule has 13 rings (SSSR count). The average molecular weight is 869 g/mol. The third kappa shape index (κ3) is 6.93. The Kier molecular flexibility index (Phi) is 9.43. The van der Waals surface area contributed by atoms with Crippen LogP contribution < -0.4 is 0 Å². The zero-order chi connectivity index (χ0) is 45.0. The second-order valence-electron chi connectivity index (χ2n) is 17.2. The molecule has 68 heavy (non-hydrogen) atoms. The van der Waals surface area contributed by atoms with E-state index in [1.165, 1.54) is 16.5 Å². The lowest BCUT2D eigenvalue weighted by molar-refractivity contribution is 0.670. The molecular weight excluding hydrogens is 829 g/mol. The molecular formula is C63H40N4O. The molecule has 0 spiro atoms. The number of nitrogens with zero attached hydrogens (tertiary/aromatic N) is 4. The van der Waals surface area contributed by atoms with Crippen LogP contribution in [0.15, 0.2) is 247 Å². The molecule has 13 aromatic rings. The van der Waals surface area contributed by atoms with Gasteiger partial charge in [-0.05, 0) is 87.0 Å². The summed E-state index contributed by atoms with van der Waals surface area (Å²) in [5.41, 5.74) is 16.5. The van der Waals surface area contributed by atoms with Crippen molar-refractivity contribution in [1.29, 1.82) is 0 Å². The van der Waals surface area contributed by atoms with Crippen LogP contribution in [0.4, 0.5) is 0 Å². The van der Waals surface area contributed by atoms with Gasteiger partial charge in [-0.2, -0.15) is 0 Å². The Morgan fingerprint density at radius 3 is 1.37 bits per heavy atom. The third-order valence-corrected chi connectivity index (χ3v) is 13.1. The smallest absolute Gasteiger partial charge is 0.167 e. The van der Waals surface area contributed by atoms with Crippen molar-refractivity contribution in [3.05, 3.63) is 243 Å². The van der Waals surface area contributed by atoms with Crippen molar-refractivity contribution >= 4 is 43.7 Å². The predicted octanol–water partition coefficient (Wildman–Crippen LogP) is 16.5. The number of fused-ring (bicyclic) bond motifs is 6. The molecule has 0 N–H and O–H groups in total. The Labute approximate surface area is 392 Å². The van der Waals surface area contributed by atoms with E-state index in [0.29, 0.717) is 17.5 Å². The van der Waals surface area contributed by atoms with E-state index >= 15 is 0 Å². The first-order valence-electron chi connectivity index (χ1n) is 22.9. The summed E-state index contributed by atoms with van der Waals surface area (Å²) < 4.78 is 9.36. The van der Waals surface area contributed by atoms with Crippen LogP contribution in [-0.2, 0) is 0 Å². The van der Waals surface area contributed by atoms with Gasteiger partial charge in [0.2, 0.25) is 0 Å². The van der Waals surface area contributed by atoms with Gasteiger partial charge in [-0.15, -0.1) is 0 Å². The van der Waals surface area contributed by atoms with Gasteiger partial charge in [0.25, 0.3) is 0 Å². The maximum absolute atomic E-state index is 7.01.